The lowest BCUT2D eigenvalue weighted by Crippen LogP contribution is -2.46. The predicted octanol–water partition coefficient (Wildman–Crippen LogP) is 2.79. The first-order chi connectivity index (χ1) is 14.4. The van der Waals surface area contributed by atoms with Gasteiger partial charge in [-0.25, -0.2) is 28.5 Å². The number of likely N-dealkylation sites (tertiary alicyclic amines) is 1. The van der Waals surface area contributed by atoms with Crippen molar-refractivity contribution in [2.45, 2.75) is 37.0 Å². The van der Waals surface area contributed by atoms with E-state index in [0.717, 1.165) is 11.1 Å². The zero-order chi connectivity index (χ0) is 21.2. The second-order valence-electron chi connectivity index (χ2n) is 7.41. The van der Waals surface area contributed by atoms with Crippen LogP contribution in [0.15, 0.2) is 64.5 Å². The summed E-state index contributed by atoms with van der Waals surface area (Å²) in [6.07, 6.45) is 0.330. The van der Waals surface area contributed by atoms with Gasteiger partial charge in [0.2, 0.25) is 15.0 Å². The molecule has 0 aromatic heterocycles. The number of hydrogen-bond acceptors (Lipinski definition) is 7. The monoisotopic (exact) mass is 429 g/mol. The van der Waals surface area contributed by atoms with Crippen LogP contribution in [0.2, 0.25) is 0 Å². The highest BCUT2D eigenvalue weighted by Gasteiger charge is 2.44. The highest BCUT2D eigenvalue weighted by Crippen LogP contribution is 2.32. The predicted molar refractivity (Wildman–Crippen MR) is 110 cm³/mol. The number of nitrogens with zero attached hydrogens (tertiary/aromatic N) is 2. The molecule has 0 saturated carbocycles. The zero-order valence-electron chi connectivity index (χ0n) is 16.6. The summed E-state index contributed by atoms with van der Waals surface area (Å²) in [5.74, 6) is 0. The molecule has 1 saturated heterocycles. The van der Waals surface area contributed by atoms with Crippen molar-refractivity contribution in [1.29, 1.82) is 0 Å². The van der Waals surface area contributed by atoms with Crippen LogP contribution >= 0.6 is 0 Å². The number of piperidine rings is 1. The minimum absolute atomic E-state index is 0.155. The molecule has 4 rings (SSSR count). The van der Waals surface area contributed by atoms with Crippen molar-refractivity contribution in [2.75, 3.05) is 13.1 Å². The topological polar surface area (TPSA) is 97.3 Å². The highest BCUT2D eigenvalue weighted by molar-refractivity contribution is 8.06. The number of amidine groups is 1. The fraction of sp³-hybridized carbons (Fsp3) is 0.333. The van der Waals surface area contributed by atoms with Crippen LogP contribution in [-0.2, 0) is 26.0 Å². The van der Waals surface area contributed by atoms with E-state index in [4.69, 9.17) is 9.57 Å². The molecule has 1 amide bonds. The second-order valence-corrected chi connectivity index (χ2v) is 9.28. The Balaban J connectivity index is 1.38. The maximum atomic E-state index is 12.8. The van der Waals surface area contributed by atoms with Gasteiger partial charge in [0.05, 0.1) is 4.90 Å². The summed E-state index contributed by atoms with van der Waals surface area (Å²) in [5.41, 5.74) is 3.37. The van der Waals surface area contributed by atoms with E-state index < -0.39 is 21.7 Å². The molecule has 1 N–H and O–H groups in total. The second kappa shape index (κ2) is 8.08. The number of hydroxylamine groups is 1. The minimum Gasteiger partial charge on any atom is -0.445 e. The Morgan fingerprint density at radius 3 is 2.47 bits per heavy atom. The van der Waals surface area contributed by atoms with Crippen molar-refractivity contribution in [3.8, 4) is 0 Å². The Kier molecular flexibility index (Phi) is 5.48. The van der Waals surface area contributed by atoms with E-state index in [1.165, 1.54) is 0 Å². The van der Waals surface area contributed by atoms with Crippen LogP contribution in [0.4, 0.5) is 4.79 Å². The molecular formula is C21H23N3O5S. The molecule has 8 nitrogen and oxygen atoms in total. The quantitative estimate of drug-likeness (QED) is 0.806. The first-order valence-electron chi connectivity index (χ1n) is 9.69. The lowest BCUT2D eigenvalue weighted by molar-refractivity contribution is -0.0868. The van der Waals surface area contributed by atoms with Crippen molar-refractivity contribution >= 4 is 21.1 Å². The fourth-order valence-electron chi connectivity index (χ4n) is 3.38. The molecule has 0 radical (unpaired) electrons. The summed E-state index contributed by atoms with van der Waals surface area (Å²) in [4.78, 5) is 24.0. The molecule has 9 heteroatoms. The molecule has 158 valence electrons. The van der Waals surface area contributed by atoms with E-state index in [1.54, 1.807) is 29.2 Å². The molecule has 2 aliphatic heterocycles. The van der Waals surface area contributed by atoms with E-state index in [2.05, 4.69) is 10.5 Å². The Hall–Kier alpha value is -2.91. The Morgan fingerprint density at radius 2 is 1.80 bits per heavy atom. The van der Waals surface area contributed by atoms with Crippen molar-refractivity contribution < 1.29 is 22.8 Å². The lowest BCUT2D eigenvalue weighted by atomic mass is 10.0. The molecule has 2 heterocycles. The van der Waals surface area contributed by atoms with E-state index in [0.29, 0.717) is 25.9 Å². The van der Waals surface area contributed by atoms with Crippen LogP contribution in [-0.4, -0.2) is 43.4 Å². The van der Waals surface area contributed by atoms with Gasteiger partial charge in [0.25, 0.3) is 0 Å². The SMILES string of the molecule is Cc1ccc(S(=O)(=O)C2=NC3(CCN(C(=O)OCc4ccccc4)CC3)ON2)cc1. The minimum atomic E-state index is -3.79. The maximum Gasteiger partial charge on any atom is 0.410 e. The molecule has 0 unspecified atom stereocenters. The van der Waals surface area contributed by atoms with E-state index >= 15 is 0 Å². The van der Waals surface area contributed by atoms with Crippen LogP contribution < -0.4 is 5.48 Å². The third kappa shape index (κ3) is 4.17. The number of ether oxygens (including phenoxy) is 1. The first kappa shape index (κ1) is 20.4. The number of carbonyl (C=O) groups excluding carboxylic acids is 1. The van der Waals surface area contributed by atoms with Crippen molar-refractivity contribution in [2.24, 2.45) is 4.99 Å². The normalized spacial score (nSPS) is 18.0. The standard InChI is InChI=1S/C21H23N3O5S/c1-16-7-9-18(10-8-16)30(26,27)19-22-21(29-23-19)11-13-24(14-12-21)20(25)28-15-17-5-3-2-4-6-17/h2-10H,11-15H2,1H3,(H,22,23). The summed E-state index contributed by atoms with van der Waals surface area (Å²) >= 11 is 0. The van der Waals surface area contributed by atoms with Crippen molar-refractivity contribution in [3.63, 3.8) is 0 Å². The number of aryl methyl sites for hydroxylation is 1. The molecule has 0 aliphatic carbocycles. The molecule has 1 fully saturated rings. The third-order valence-corrected chi connectivity index (χ3v) is 6.80. The average Bonchev–Trinajstić information content (AvgIpc) is 3.18. The molecular weight excluding hydrogens is 406 g/mol. The van der Waals surface area contributed by atoms with Crippen molar-refractivity contribution in [1.82, 2.24) is 10.4 Å². The van der Waals surface area contributed by atoms with Gasteiger partial charge in [-0.3, -0.25) is 0 Å². The molecule has 1 spiro atoms. The number of hydrogen-bond donors (Lipinski definition) is 1. The molecule has 0 atom stereocenters. The number of carbonyl (C=O) groups is 1. The Morgan fingerprint density at radius 1 is 1.13 bits per heavy atom. The van der Waals surface area contributed by atoms with E-state index in [9.17, 15) is 13.2 Å². The average molecular weight is 429 g/mol. The largest absolute Gasteiger partial charge is 0.445 e. The molecule has 2 aliphatic rings. The van der Waals surface area contributed by atoms with Gasteiger partial charge < -0.3 is 9.64 Å². The third-order valence-electron chi connectivity index (χ3n) is 5.23. The van der Waals surface area contributed by atoms with Gasteiger partial charge in [-0.05, 0) is 24.6 Å². The van der Waals surface area contributed by atoms with Crippen LogP contribution in [0.1, 0.15) is 24.0 Å². The summed E-state index contributed by atoms with van der Waals surface area (Å²) in [6, 6.07) is 16.0. The summed E-state index contributed by atoms with van der Waals surface area (Å²) in [7, 11) is -3.79. The Bertz CT molecular complexity index is 1040. The van der Waals surface area contributed by atoms with Gasteiger partial charge in [-0.15, -0.1) is 0 Å². The van der Waals surface area contributed by atoms with Gasteiger partial charge in [0.1, 0.15) is 6.61 Å². The smallest absolute Gasteiger partial charge is 0.410 e. The zero-order valence-corrected chi connectivity index (χ0v) is 17.4. The van der Waals surface area contributed by atoms with Gasteiger partial charge >= 0.3 is 6.09 Å². The number of nitrogens with one attached hydrogen (secondary N) is 1. The van der Waals surface area contributed by atoms with E-state index in [1.807, 2.05) is 37.3 Å². The van der Waals surface area contributed by atoms with Crippen LogP contribution in [0.3, 0.4) is 0 Å². The molecule has 2 aromatic carbocycles. The van der Waals surface area contributed by atoms with Gasteiger partial charge in [0, 0.05) is 25.9 Å². The summed E-state index contributed by atoms with van der Waals surface area (Å²) in [5, 5.41) is -0.202. The van der Waals surface area contributed by atoms with Gasteiger partial charge in [-0.2, -0.15) is 0 Å². The van der Waals surface area contributed by atoms with Gasteiger partial charge in [0.15, 0.2) is 5.72 Å². The molecule has 2 aromatic rings. The summed E-state index contributed by atoms with van der Waals surface area (Å²) < 4.78 is 31.0. The van der Waals surface area contributed by atoms with Crippen LogP contribution in [0.25, 0.3) is 0 Å². The number of amides is 1. The number of sulfone groups is 1. The maximum absolute atomic E-state index is 12.8. The fourth-order valence-corrected chi connectivity index (χ4v) is 4.53. The Labute approximate surface area is 175 Å². The molecule has 30 heavy (non-hydrogen) atoms. The number of benzene rings is 2. The first-order valence-corrected chi connectivity index (χ1v) is 11.2. The van der Waals surface area contributed by atoms with E-state index in [-0.39, 0.29) is 16.7 Å². The van der Waals surface area contributed by atoms with Crippen molar-refractivity contribution in [3.05, 3.63) is 65.7 Å². The van der Waals surface area contributed by atoms with Crippen LogP contribution in [0, 0.1) is 6.92 Å². The highest BCUT2D eigenvalue weighted by atomic mass is 32.2. The van der Waals surface area contributed by atoms with Gasteiger partial charge in [-0.1, -0.05) is 48.0 Å². The lowest BCUT2D eigenvalue weighted by Gasteiger charge is -2.34. The summed E-state index contributed by atoms with van der Waals surface area (Å²) in [6.45, 7) is 2.81. The number of aliphatic imine (C=N–C) groups is 1. The number of rotatable bonds is 3. The molecule has 0 bridgehead atoms. The van der Waals surface area contributed by atoms with Crippen LogP contribution in [0.5, 0.6) is 0 Å².